The van der Waals surface area contributed by atoms with Gasteiger partial charge in [-0.15, -0.1) is 5.10 Å². The summed E-state index contributed by atoms with van der Waals surface area (Å²) in [6.07, 6.45) is -4.87. The first-order chi connectivity index (χ1) is 17.0. The van der Waals surface area contributed by atoms with Crippen molar-refractivity contribution in [1.29, 1.82) is 0 Å². The number of rotatable bonds is 7. The van der Waals surface area contributed by atoms with E-state index in [1.807, 2.05) is 0 Å². The molecule has 0 aliphatic rings. The third-order valence-electron chi connectivity index (χ3n) is 5.18. The molecule has 0 radical (unpaired) electrons. The van der Waals surface area contributed by atoms with E-state index in [1.54, 1.807) is 6.92 Å². The number of halogens is 5. The Balaban J connectivity index is 1.94. The van der Waals surface area contributed by atoms with E-state index in [9.17, 15) is 27.5 Å². The first-order valence-corrected chi connectivity index (χ1v) is 10.9. The van der Waals surface area contributed by atoms with Crippen LogP contribution in [0.4, 0.5) is 17.6 Å². The molecule has 4 rings (SSSR count). The second-order valence-corrected chi connectivity index (χ2v) is 7.90. The number of hydrogen-bond donors (Lipinski definition) is 1. The van der Waals surface area contributed by atoms with Gasteiger partial charge < -0.3 is 14.6 Å². The van der Waals surface area contributed by atoms with Crippen LogP contribution in [-0.4, -0.2) is 41.7 Å². The number of aliphatic hydroxyl groups is 1. The molecule has 0 saturated heterocycles. The summed E-state index contributed by atoms with van der Waals surface area (Å²) in [5.41, 5.74) is -0.552. The van der Waals surface area contributed by atoms with E-state index in [0.29, 0.717) is 0 Å². The maximum absolute atomic E-state index is 14.2. The fourth-order valence-corrected chi connectivity index (χ4v) is 3.55. The van der Waals surface area contributed by atoms with Gasteiger partial charge in [0.15, 0.2) is 23.5 Å². The average molecular weight is 528 g/mol. The lowest BCUT2D eigenvalue weighted by Crippen LogP contribution is -2.31. The highest BCUT2D eigenvalue weighted by atomic mass is 35.5. The highest BCUT2D eigenvalue weighted by molar-refractivity contribution is 6.29. The van der Waals surface area contributed by atoms with Crippen LogP contribution in [0.3, 0.4) is 0 Å². The molecule has 1 N–H and O–H groups in total. The molecule has 0 unspecified atom stereocenters. The number of benzene rings is 1. The minimum Gasteiger partial charge on any atom is -0.480 e. The zero-order valence-corrected chi connectivity index (χ0v) is 19.5. The predicted molar refractivity (Wildman–Crippen MR) is 120 cm³/mol. The number of ether oxygens (including phenoxy) is 2. The van der Waals surface area contributed by atoms with Crippen LogP contribution >= 0.6 is 11.6 Å². The van der Waals surface area contributed by atoms with Gasteiger partial charge >= 0.3 is 11.9 Å². The molecule has 0 aliphatic heterocycles. The fraction of sp³-hybridized carbons (Fsp3) is 0.273. The summed E-state index contributed by atoms with van der Waals surface area (Å²) in [4.78, 5) is 20.4. The average Bonchev–Trinajstić information content (AvgIpc) is 3.16. The van der Waals surface area contributed by atoms with E-state index in [0.717, 1.165) is 29.9 Å². The lowest BCUT2D eigenvalue weighted by Gasteiger charge is -2.20. The minimum atomic E-state index is -4.72. The van der Waals surface area contributed by atoms with Gasteiger partial charge in [0, 0.05) is 24.9 Å². The van der Waals surface area contributed by atoms with E-state index in [4.69, 9.17) is 21.1 Å². The number of hydrogen-bond acceptors (Lipinski definition) is 7. The largest absolute Gasteiger partial charge is 0.480 e. The van der Waals surface area contributed by atoms with Gasteiger partial charge in [-0.05, 0) is 31.4 Å². The summed E-state index contributed by atoms with van der Waals surface area (Å²) >= 11 is 5.81. The number of nitrogens with zero attached hydrogens (tertiary/aromatic N) is 5. The first kappa shape index (κ1) is 25.4. The van der Waals surface area contributed by atoms with Crippen LogP contribution in [-0.2, 0) is 13.2 Å². The Kier molecular flexibility index (Phi) is 6.87. The predicted octanol–water partition coefficient (Wildman–Crippen LogP) is 4.40. The van der Waals surface area contributed by atoms with Gasteiger partial charge in [0.25, 0.3) is 0 Å². The molecule has 1 atom stereocenters. The molecular weight excluding hydrogens is 510 g/mol. The summed E-state index contributed by atoms with van der Waals surface area (Å²) in [5, 5.41) is 13.8. The van der Waals surface area contributed by atoms with E-state index < -0.39 is 30.4 Å². The maximum atomic E-state index is 14.2. The smallest absolute Gasteiger partial charge is 0.425 e. The standard InChI is InChI=1S/C22H18ClF4N5O4/c1-3-31-18(10-33)30-32(21(31)34)13-6-12-4-5-28-20(36-15-8-17(23)29-9-14(15)24)19(12)16(7-13)35-11(2)22(25,26)27/h4-9,11,33H,3,10H2,1-2H3/t11-/m0/s1. The number of pyridine rings is 2. The minimum absolute atomic E-state index is 0.0185. The Labute approximate surface area is 205 Å². The van der Waals surface area contributed by atoms with Gasteiger partial charge in [-0.1, -0.05) is 11.6 Å². The van der Waals surface area contributed by atoms with Crippen LogP contribution in [0.25, 0.3) is 16.5 Å². The Hall–Kier alpha value is -3.71. The van der Waals surface area contributed by atoms with Gasteiger partial charge in [-0.25, -0.2) is 19.2 Å². The SMILES string of the molecule is CCn1c(CO)nn(-c2cc(O[C@@H](C)C(F)(F)F)c3c(Oc4cc(Cl)ncc4F)nccc3c2)c1=O. The van der Waals surface area contributed by atoms with Crippen molar-refractivity contribution in [2.45, 2.75) is 39.3 Å². The maximum Gasteiger partial charge on any atom is 0.425 e. The number of aromatic nitrogens is 5. The van der Waals surface area contributed by atoms with Crippen molar-refractivity contribution in [2.24, 2.45) is 0 Å². The highest BCUT2D eigenvalue weighted by Gasteiger charge is 2.38. The van der Waals surface area contributed by atoms with E-state index in [1.165, 1.54) is 22.9 Å². The molecule has 36 heavy (non-hydrogen) atoms. The quantitative estimate of drug-likeness (QED) is 0.280. The van der Waals surface area contributed by atoms with Gasteiger partial charge in [-0.2, -0.15) is 17.9 Å². The third-order valence-corrected chi connectivity index (χ3v) is 5.38. The Morgan fingerprint density at radius 1 is 1.19 bits per heavy atom. The first-order valence-electron chi connectivity index (χ1n) is 10.5. The normalized spacial score (nSPS) is 12.7. The summed E-state index contributed by atoms with van der Waals surface area (Å²) in [5.74, 6) is -1.79. The van der Waals surface area contributed by atoms with Crippen LogP contribution < -0.4 is 15.2 Å². The molecule has 0 spiro atoms. The highest BCUT2D eigenvalue weighted by Crippen LogP contribution is 2.39. The summed E-state index contributed by atoms with van der Waals surface area (Å²) in [6, 6.07) is 5.13. The van der Waals surface area contributed by atoms with Crippen molar-refractivity contribution in [3.05, 3.63) is 63.9 Å². The molecule has 0 saturated carbocycles. The lowest BCUT2D eigenvalue weighted by atomic mass is 10.1. The molecule has 0 bridgehead atoms. The molecular formula is C22H18ClF4N5O4. The van der Waals surface area contributed by atoms with Gasteiger partial charge in [0.2, 0.25) is 5.88 Å². The zero-order chi connectivity index (χ0) is 26.2. The molecule has 0 aliphatic carbocycles. The number of alkyl halides is 3. The van der Waals surface area contributed by atoms with E-state index in [-0.39, 0.29) is 51.4 Å². The van der Waals surface area contributed by atoms with Gasteiger partial charge in [0.05, 0.1) is 17.3 Å². The Morgan fingerprint density at radius 2 is 1.94 bits per heavy atom. The van der Waals surface area contributed by atoms with Gasteiger partial charge in [-0.3, -0.25) is 4.57 Å². The topological polar surface area (TPSA) is 104 Å². The summed E-state index contributed by atoms with van der Waals surface area (Å²) in [7, 11) is 0. The second kappa shape index (κ2) is 9.74. The van der Waals surface area contributed by atoms with Gasteiger partial charge in [0.1, 0.15) is 17.5 Å². The van der Waals surface area contributed by atoms with Crippen LogP contribution in [0.1, 0.15) is 19.7 Å². The van der Waals surface area contributed by atoms with Crippen LogP contribution in [0.15, 0.2) is 41.5 Å². The van der Waals surface area contributed by atoms with Crippen LogP contribution in [0.2, 0.25) is 5.15 Å². The molecule has 0 amide bonds. The molecule has 190 valence electrons. The van der Waals surface area contributed by atoms with Crippen LogP contribution in [0.5, 0.6) is 17.4 Å². The third kappa shape index (κ3) is 4.84. The fourth-order valence-electron chi connectivity index (χ4n) is 3.40. The molecule has 1 aromatic carbocycles. The van der Waals surface area contributed by atoms with Crippen molar-refractivity contribution < 1.29 is 32.1 Å². The van der Waals surface area contributed by atoms with Crippen molar-refractivity contribution in [3.63, 3.8) is 0 Å². The Bertz CT molecular complexity index is 1490. The summed E-state index contributed by atoms with van der Waals surface area (Å²) < 4.78 is 67.3. The van der Waals surface area contributed by atoms with Crippen molar-refractivity contribution >= 4 is 22.4 Å². The molecule has 0 fully saturated rings. The molecule has 3 aromatic heterocycles. The molecule has 4 aromatic rings. The van der Waals surface area contributed by atoms with Crippen LogP contribution in [0, 0.1) is 5.82 Å². The number of fused-ring (bicyclic) bond motifs is 1. The van der Waals surface area contributed by atoms with Crippen molar-refractivity contribution in [2.75, 3.05) is 0 Å². The van der Waals surface area contributed by atoms with E-state index in [2.05, 4.69) is 15.1 Å². The van der Waals surface area contributed by atoms with Crippen molar-refractivity contribution in [3.8, 4) is 23.1 Å². The monoisotopic (exact) mass is 527 g/mol. The lowest BCUT2D eigenvalue weighted by molar-refractivity contribution is -0.189. The Morgan fingerprint density at radius 3 is 2.58 bits per heavy atom. The number of aliphatic hydroxyl groups excluding tert-OH is 1. The molecule has 14 heteroatoms. The molecule has 9 nitrogen and oxygen atoms in total. The second-order valence-electron chi connectivity index (χ2n) is 7.51. The van der Waals surface area contributed by atoms with Crippen molar-refractivity contribution in [1.82, 2.24) is 24.3 Å². The molecule has 3 heterocycles. The summed E-state index contributed by atoms with van der Waals surface area (Å²) in [6.45, 7) is 2.16. The van der Waals surface area contributed by atoms with E-state index >= 15 is 0 Å². The zero-order valence-electron chi connectivity index (χ0n) is 18.8.